The second-order valence-electron chi connectivity index (χ2n) is 10.2. The Morgan fingerprint density at radius 1 is 1.14 bits per heavy atom. The largest absolute Gasteiger partial charge is 0.416 e. The molecular formula is C30H34F3N8O+. The van der Waals surface area contributed by atoms with E-state index in [2.05, 4.69) is 32.0 Å². The lowest BCUT2D eigenvalue weighted by molar-refractivity contribution is -0.571. The summed E-state index contributed by atoms with van der Waals surface area (Å²) in [6.45, 7) is 7.59. The average Bonchev–Trinajstić information content (AvgIpc) is 2.94. The Bertz CT molecular complexity index is 1540. The van der Waals surface area contributed by atoms with E-state index in [1.807, 2.05) is 24.2 Å². The van der Waals surface area contributed by atoms with Crippen molar-refractivity contribution in [3.8, 4) is 11.8 Å². The monoisotopic (exact) mass is 579 g/mol. The molecule has 0 radical (unpaired) electrons. The molecule has 1 aliphatic rings. The van der Waals surface area contributed by atoms with E-state index in [9.17, 15) is 18.0 Å². The number of piperazine rings is 1. The number of carbonyl (C=O) groups is 1. The summed E-state index contributed by atoms with van der Waals surface area (Å²) in [4.78, 5) is 25.3. The number of carbonyl (C=O) groups excluding carboxylic acids is 1. The van der Waals surface area contributed by atoms with E-state index < -0.39 is 17.6 Å². The highest BCUT2D eigenvalue weighted by Crippen LogP contribution is 2.34. The van der Waals surface area contributed by atoms with Gasteiger partial charge in [-0.05, 0) is 62.2 Å². The van der Waals surface area contributed by atoms with Gasteiger partial charge in [-0.3, -0.25) is 20.4 Å². The number of amides is 1. The number of hydrogen-bond donors (Lipinski definition) is 4. The number of anilines is 2. The molecule has 6 N–H and O–H groups in total. The highest BCUT2D eigenvalue weighted by molar-refractivity contribution is 6.15. The summed E-state index contributed by atoms with van der Waals surface area (Å²) in [5.74, 6) is 5.76. The SMILES string of the molecule is CC[NH2+]c1ncnc(N)c1C(=N)C#Cc1cc(C(=O)Nc2ccc(CN3CCN(C)CC3)c(C(F)(F)F)c2)ccc1C. The number of nitrogens with one attached hydrogen (secondary N) is 2. The van der Waals surface area contributed by atoms with Crippen LogP contribution in [0.4, 0.5) is 30.5 Å². The van der Waals surface area contributed by atoms with Gasteiger partial charge in [-0.15, -0.1) is 0 Å². The van der Waals surface area contributed by atoms with Crippen LogP contribution >= 0.6 is 0 Å². The van der Waals surface area contributed by atoms with Crippen LogP contribution in [-0.4, -0.2) is 71.2 Å². The first kappa shape index (κ1) is 30.6. The molecule has 0 saturated carbocycles. The van der Waals surface area contributed by atoms with E-state index >= 15 is 0 Å². The van der Waals surface area contributed by atoms with Gasteiger partial charge in [-0.1, -0.05) is 18.1 Å². The van der Waals surface area contributed by atoms with Crippen LogP contribution in [0.2, 0.25) is 0 Å². The third kappa shape index (κ3) is 7.50. The Labute approximate surface area is 242 Å². The molecule has 1 aliphatic heterocycles. The van der Waals surface area contributed by atoms with Crippen LogP contribution in [0.1, 0.15) is 45.1 Å². The lowest BCUT2D eigenvalue weighted by atomic mass is 10.0. The molecule has 9 nitrogen and oxygen atoms in total. The Kier molecular flexibility index (Phi) is 9.57. The molecule has 2 heterocycles. The predicted molar refractivity (Wildman–Crippen MR) is 156 cm³/mol. The molecule has 220 valence electrons. The molecule has 42 heavy (non-hydrogen) atoms. The zero-order valence-electron chi connectivity index (χ0n) is 23.8. The fourth-order valence-electron chi connectivity index (χ4n) is 4.61. The van der Waals surface area contributed by atoms with E-state index in [0.717, 1.165) is 24.7 Å². The Balaban J connectivity index is 1.53. The van der Waals surface area contributed by atoms with Gasteiger partial charge in [0.05, 0.1) is 12.1 Å². The van der Waals surface area contributed by atoms with Gasteiger partial charge in [0.15, 0.2) is 0 Å². The minimum atomic E-state index is -4.57. The third-order valence-electron chi connectivity index (χ3n) is 7.04. The van der Waals surface area contributed by atoms with Crippen molar-refractivity contribution in [3.63, 3.8) is 0 Å². The maximum atomic E-state index is 14.0. The highest BCUT2D eigenvalue weighted by Gasteiger charge is 2.34. The molecule has 1 fully saturated rings. The number of aryl methyl sites for hydroxylation is 1. The summed E-state index contributed by atoms with van der Waals surface area (Å²) in [7, 11) is 1.99. The highest BCUT2D eigenvalue weighted by atomic mass is 19.4. The molecule has 1 amide bonds. The summed E-state index contributed by atoms with van der Waals surface area (Å²) in [6, 6.07) is 8.71. The summed E-state index contributed by atoms with van der Waals surface area (Å²) in [5, 5.41) is 12.9. The molecule has 3 aromatic rings. The van der Waals surface area contributed by atoms with Gasteiger partial charge in [0.25, 0.3) is 5.91 Å². The number of rotatable bonds is 7. The van der Waals surface area contributed by atoms with Crippen LogP contribution in [0.3, 0.4) is 0 Å². The normalized spacial score (nSPS) is 14.2. The first-order valence-corrected chi connectivity index (χ1v) is 13.5. The van der Waals surface area contributed by atoms with Crippen molar-refractivity contribution in [1.29, 1.82) is 5.41 Å². The van der Waals surface area contributed by atoms with Crippen molar-refractivity contribution in [2.75, 3.05) is 50.8 Å². The van der Waals surface area contributed by atoms with Crippen molar-refractivity contribution < 1.29 is 23.3 Å². The molecular weight excluding hydrogens is 545 g/mol. The maximum Gasteiger partial charge on any atom is 0.416 e. The average molecular weight is 580 g/mol. The van der Waals surface area contributed by atoms with Gasteiger partial charge >= 0.3 is 6.18 Å². The molecule has 0 bridgehead atoms. The lowest BCUT2D eigenvalue weighted by Gasteiger charge is -2.33. The zero-order chi connectivity index (χ0) is 30.4. The summed E-state index contributed by atoms with van der Waals surface area (Å²) in [6.07, 6.45) is -3.24. The van der Waals surface area contributed by atoms with E-state index in [1.165, 1.54) is 18.5 Å². The predicted octanol–water partition coefficient (Wildman–Crippen LogP) is 3.02. The standard InChI is InChI=1S/C30H33F3N8O/c1-4-36-28-26(27(35)37-18-38-28)25(34)10-8-20-15-21(6-5-19(20)2)29(42)39-23-9-7-22(24(16-23)30(31,32)33)17-41-13-11-40(3)12-14-41/h5-7,9,15-16,18,34H,4,11-14,17H2,1-3H3,(H,39,42)(H3,35,36,37,38)/p+1. The second kappa shape index (κ2) is 13.1. The quantitative estimate of drug-likeness (QED) is 0.252. The van der Waals surface area contributed by atoms with Crippen LogP contribution in [0.15, 0.2) is 42.7 Å². The van der Waals surface area contributed by atoms with E-state index in [4.69, 9.17) is 11.1 Å². The van der Waals surface area contributed by atoms with E-state index in [0.29, 0.717) is 36.6 Å². The smallest absolute Gasteiger partial charge is 0.383 e. The minimum Gasteiger partial charge on any atom is -0.383 e. The summed E-state index contributed by atoms with van der Waals surface area (Å²) < 4.78 is 41.9. The van der Waals surface area contributed by atoms with Crippen LogP contribution in [0, 0.1) is 24.2 Å². The number of quaternary nitrogens is 1. The number of nitrogens with two attached hydrogens (primary N) is 2. The van der Waals surface area contributed by atoms with Gasteiger partial charge in [0.1, 0.15) is 23.4 Å². The molecule has 1 saturated heterocycles. The fourth-order valence-corrected chi connectivity index (χ4v) is 4.61. The molecule has 2 aromatic carbocycles. The summed E-state index contributed by atoms with van der Waals surface area (Å²) >= 11 is 0. The molecule has 12 heteroatoms. The Hall–Kier alpha value is -4.31. The summed E-state index contributed by atoms with van der Waals surface area (Å²) in [5.41, 5.74) is 7.15. The van der Waals surface area contributed by atoms with Crippen molar-refractivity contribution in [2.45, 2.75) is 26.6 Å². The first-order valence-electron chi connectivity index (χ1n) is 13.5. The van der Waals surface area contributed by atoms with Gasteiger partial charge < -0.3 is 16.0 Å². The van der Waals surface area contributed by atoms with Gasteiger partial charge in [0, 0.05) is 49.5 Å². The number of alkyl halides is 3. The first-order chi connectivity index (χ1) is 20.0. The van der Waals surface area contributed by atoms with Crippen LogP contribution in [0.25, 0.3) is 0 Å². The van der Waals surface area contributed by atoms with Gasteiger partial charge in [-0.25, -0.2) is 4.98 Å². The number of nitrogen functional groups attached to an aromatic ring is 1. The van der Waals surface area contributed by atoms with Crippen molar-refractivity contribution in [1.82, 2.24) is 19.8 Å². The Morgan fingerprint density at radius 2 is 1.88 bits per heavy atom. The second-order valence-corrected chi connectivity index (χ2v) is 10.2. The van der Waals surface area contributed by atoms with Crippen molar-refractivity contribution in [2.24, 2.45) is 0 Å². The number of benzene rings is 2. The zero-order valence-corrected chi connectivity index (χ0v) is 23.8. The van der Waals surface area contributed by atoms with Gasteiger partial charge in [0.2, 0.25) is 5.82 Å². The molecule has 1 aromatic heterocycles. The van der Waals surface area contributed by atoms with Crippen LogP contribution < -0.4 is 16.4 Å². The van der Waals surface area contributed by atoms with E-state index in [1.54, 1.807) is 25.1 Å². The number of aromatic nitrogens is 2. The molecule has 4 rings (SSSR count). The van der Waals surface area contributed by atoms with Crippen LogP contribution in [0.5, 0.6) is 0 Å². The lowest BCUT2D eigenvalue weighted by Crippen LogP contribution is -2.78. The van der Waals surface area contributed by atoms with Crippen LogP contribution in [-0.2, 0) is 12.7 Å². The number of nitrogens with zero attached hydrogens (tertiary/aromatic N) is 4. The van der Waals surface area contributed by atoms with E-state index in [-0.39, 0.29) is 34.9 Å². The third-order valence-corrected chi connectivity index (χ3v) is 7.04. The fraction of sp³-hybridized carbons (Fsp3) is 0.333. The topological polar surface area (TPSA) is 128 Å². The number of likely N-dealkylation sites (N-methyl/N-ethyl adjacent to an activating group) is 1. The molecule has 0 atom stereocenters. The number of halogens is 3. The van der Waals surface area contributed by atoms with Crippen molar-refractivity contribution in [3.05, 3.63) is 76.1 Å². The van der Waals surface area contributed by atoms with Crippen molar-refractivity contribution >= 4 is 28.9 Å². The maximum absolute atomic E-state index is 14.0. The minimum absolute atomic E-state index is 0.0451. The number of hydrogen-bond acceptors (Lipinski definition) is 7. The van der Waals surface area contributed by atoms with Gasteiger partial charge in [-0.2, -0.15) is 18.2 Å². The Morgan fingerprint density at radius 3 is 2.57 bits per heavy atom. The molecule has 0 unspecified atom stereocenters. The molecule has 0 spiro atoms. The molecule has 0 aliphatic carbocycles.